The van der Waals surface area contributed by atoms with E-state index in [9.17, 15) is 13.2 Å². The zero-order valence-corrected chi connectivity index (χ0v) is 29.0. The Labute approximate surface area is 283 Å². The van der Waals surface area contributed by atoms with Gasteiger partial charge in [0.05, 0.1) is 24.5 Å². The zero-order chi connectivity index (χ0) is 34.1. The second-order valence-corrected chi connectivity index (χ2v) is 14.9. The number of unbranched alkanes of at least 4 members (excludes halogenated alkanes) is 4. The average molecular weight is 693 g/mol. The zero-order valence-electron chi connectivity index (χ0n) is 28.1. The maximum atomic E-state index is 15.5. The van der Waals surface area contributed by atoms with Gasteiger partial charge in [0.2, 0.25) is 0 Å². The molecule has 1 aromatic heterocycles. The largest absolute Gasteiger partial charge is 0.381 e. The van der Waals surface area contributed by atoms with Crippen molar-refractivity contribution in [3.8, 4) is 0 Å². The molecule has 2 N–H and O–H groups in total. The lowest BCUT2D eigenvalue weighted by Gasteiger charge is -2.42. The Morgan fingerprint density at radius 1 is 1.08 bits per heavy atom. The first-order valence-electron chi connectivity index (χ1n) is 17.4. The van der Waals surface area contributed by atoms with Crippen LogP contribution in [0.25, 0.3) is 0 Å². The predicted octanol–water partition coefficient (Wildman–Crippen LogP) is 5.98. The van der Waals surface area contributed by atoms with E-state index in [1.807, 2.05) is 17.9 Å². The van der Waals surface area contributed by atoms with Gasteiger partial charge in [-0.3, -0.25) is 9.08 Å². The van der Waals surface area contributed by atoms with Crippen molar-refractivity contribution in [2.45, 2.75) is 96.2 Å². The third kappa shape index (κ3) is 8.99. The van der Waals surface area contributed by atoms with Crippen molar-refractivity contribution in [2.24, 2.45) is 5.92 Å². The van der Waals surface area contributed by atoms with Crippen molar-refractivity contribution in [1.82, 2.24) is 20.2 Å². The summed E-state index contributed by atoms with van der Waals surface area (Å²) in [5.41, 5.74) is 1.57. The fraction of sp³-hybridized carbons (Fsp3) is 0.676. The molecule has 2 fully saturated rings. The Morgan fingerprint density at radius 3 is 2.56 bits per heavy atom. The Morgan fingerprint density at radius 2 is 1.81 bits per heavy atom. The lowest BCUT2D eigenvalue weighted by atomic mass is 9.86. The van der Waals surface area contributed by atoms with Gasteiger partial charge in [-0.2, -0.15) is 8.42 Å². The third-order valence-electron chi connectivity index (χ3n) is 9.73. The molecule has 0 unspecified atom stereocenters. The van der Waals surface area contributed by atoms with Crippen LogP contribution in [0.4, 0.5) is 25.2 Å². The molecule has 0 radical (unpaired) electrons. The number of ether oxygens (including phenoxy) is 1. The predicted molar refractivity (Wildman–Crippen MR) is 181 cm³/mol. The number of rotatable bonds is 16. The summed E-state index contributed by atoms with van der Waals surface area (Å²) >= 11 is 0. The van der Waals surface area contributed by atoms with Gasteiger partial charge >= 0.3 is 6.03 Å². The molecule has 3 aliphatic rings. The minimum absolute atomic E-state index is 0.0284. The van der Waals surface area contributed by atoms with E-state index >= 15 is 8.78 Å². The first-order valence-corrected chi connectivity index (χ1v) is 19.0. The summed E-state index contributed by atoms with van der Waals surface area (Å²) in [6.45, 7) is 6.89. The molecule has 1 atom stereocenters. The number of anilines is 2. The number of piperidine rings is 1. The number of carbonyl (C=O) groups is 1. The Kier molecular flexibility index (Phi) is 12.6. The van der Waals surface area contributed by atoms with Crippen LogP contribution in [0.5, 0.6) is 0 Å². The molecule has 3 aliphatic heterocycles. The molecule has 48 heavy (non-hydrogen) atoms. The molecule has 2 saturated heterocycles. The number of fused-ring (bicyclic) bond motifs is 1. The number of amides is 2. The molecular weight excluding hydrogens is 642 g/mol. The molecule has 0 bridgehead atoms. The number of aromatic nitrogens is 2. The van der Waals surface area contributed by atoms with Crippen LogP contribution in [-0.2, 0) is 31.5 Å². The number of carbonyl (C=O) groups excluding carboxylic acids is 1. The molecule has 14 heteroatoms. The highest BCUT2D eigenvalue weighted by molar-refractivity contribution is 7.86. The highest BCUT2D eigenvalue weighted by Gasteiger charge is 2.42. The second kappa shape index (κ2) is 16.6. The Hall–Kier alpha value is -2.94. The minimum Gasteiger partial charge on any atom is -0.381 e. The summed E-state index contributed by atoms with van der Waals surface area (Å²) in [5, 5.41) is 6.63. The third-order valence-corrected chi connectivity index (χ3v) is 11.0. The standard InChI is InChI=1S/C34H50F2N6O5S/c1-3-48(44,45)47-19-8-6-4-5-7-18-41-32-30(23-42(33(41)43)29-14-20-46-21-15-29)31(38-24-39-32)40-25(2)26-10-9-11-28(22-26)34(35,36)27-12-16-37-17-13-27/h9-11,22,24-25,27,29,37H,3-8,12-21,23H2,1-2H3,(H,38,39,40)/t25-/m1/s1. The van der Waals surface area contributed by atoms with Crippen LogP contribution < -0.4 is 15.5 Å². The molecule has 2 aromatic rings. The van der Waals surface area contributed by atoms with Crippen LogP contribution in [0.3, 0.4) is 0 Å². The molecular formula is C34H50F2N6O5S. The molecule has 0 saturated carbocycles. The first-order chi connectivity index (χ1) is 23.1. The van der Waals surface area contributed by atoms with Gasteiger partial charge in [0.1, 0.15) is 18.0 Å². The highest BCUT2D eigenvalue weighted by Crippen LogP contribution is 2.41. The highest BCUT2D eigenvalue weighted by atomic mass is 32.2. The average Bonchev–Trinajstić information content (AvgIpc) is 3.11. The summed E-state index contributed by atoms with van der Waals surface area (Å²) in [6.07, 6.45) is 7.81. The molecule has 2 amide bonds. The summed E-state index contributed by atoms with van der Waals surface area (Å²) in [4.78, 5) is 26.7. The van der Waals surface area contributed by atoms with Gasteiger partial charge in [-0.05, 0) is 77.1 Å². The number of halogens is 2. The van der Waals surface area contributed by atoms with Gasteiger partial charge in [-0.25, -0.2) is 23.5 Å². The molecule has 266 valence electrons. The van der Waals surface area contributed by atoms with Gasteiger partial charge in [-0.15, -0.1) is 0 Å². The number of nitrogens with zero attached hydrogens (tertiary/aromatic N) is 4. The van der Waals surface area contributed by atoms with E-state index in [2.05, 4.69) is 20.6 Å². The van der Waals surface area contributed by atoms with Gasteiger partial charge in [0.15, 0.2) is 0 Å². The number of alkyl halides is 2. The van der Waals surface area contributed by atoms with Crippen molar-refractivity contribution in [1.29, 1.82) is 0 Å². The van der Waals surface area contributed by atoms with Crippen LogP contribution in [-0.4, -0.2) is 80.6 Å². The van der Waals surface area contributed by atoms with E-state index in [1.165, 1.54) is 12.4 Å². The lowest BCUT2D eigenvalue weighted by Crippen LogP contribution is -2.53. The normalized spacial score (nSPS) is 19.0. The van der Waals surface area contributed by atoms with Crippen LogP contribution in [0, 0.1) is 5.92 Å². The van der Waals surface area contributed by atoms with E-state index < -0.39 is 22.0 Å². The van der Waals surface area contributed by atoms with Crippen LogP contribution in [0.15, 0.2) is 30.6 Å². The van der Waals surface area contributed by atoms with Crippen molar-refractivity contribution in [3.63, 3.8) is 0 Å². The number of hydrogen-bond acceptors (Lipinski definition) is 9. The minimum atomic E-state index is -3.43. The topological polar surface area (TPSA) is 126 Å². The van der Waals surface area contributed by atoms with Crippen molar-refractivity contribution < 1.29 is 30.9 Å². The fourth-order valence-corrected chi connectivity index (χ4v) is 7.31. The van der Waals surface area contributed by atoms with Crippen molar-refractivity contribution >= 4 is 27.8 Å². The number of urea groups is 1. The molecule has 11 nitrogen and oxygen atoms in total. The van der Waals surface area contributed by atoms with E-state index in [1.54, 1.807) is 24.0 Å². The van der Waals surface area contributed by atoms with Crippen LogP contribution in [0.2, 0.25) is 0 Å². The monoisotopic (exact) mass is 692 g/mol. The fourth-order valence-electron chi connectivity index (χ4n) is 6.77. The summed E-state index contributed by atoms with van der Waals surface area (Å²) in [7, 11) is -3.43. The molecule has 4 heterocycles. The Balaban J connectivity index is 1.28. The second-order valence-electron chi connectivity index (χ2n) is 13.0. The van der Waals surface area contributed by atoms with E-state index in [-0.39, 0.29) is 36.0 Å². The van der Waals surface area contributed by atoms with E-state index in [0.717, 1.165) is 49.7 Å². The number of nitrogens with one attached hydrogen (secondary N) is 2. The van der Waals surface area contributed by atoms with Gasteiger partial charge in [-0.1, -0.05) is 37.5 Å². The summed E-state index contributed by atoms with van der Waals surface area (Å²) < 4.78 is 64.7. The molecule has 5 rings (SSSR count). The van der Waals surface area contributed by atoms with Crippen LogP contribution >= 0.6 is 0 Å². The molecule has 1 aromatic carbocycles. The smallest absolute Gasteiger partial charge is 0.326 e. The van der Waals surface area contributed by atoms with Gasteiger partial charge < -0.3 is 20.3 Å². The quantitative estimate of drug-likeness (QED) is 0.162. The molecule has 0 spiro atoms. The molecule has 0 aliphatic carbocycles. The number of benzene rings is 1. The van der Waals surface area contributed by atoms with E-state index in [4.69, 9.17) is 8.92 Å². The summed E-state index contributed by atoms with van der Waals surface area (Å²) in [5.74, 6) is -2.49. The van der Waals surface area contributed by atoms with Gasteiger partial charge in [0, 0.05) is 43.3 Å². The van der Waals surface area contributed by atoms with Crippen molar-refractivity contribution in [2.75, 3.05) is 55.4 Å². The lowest BCUT2D eigenvalue weighted by molar-refractivity contribution is -0.0754. The Bertz CT molecular complexity index is 1470. The van der Waals surface area contributed by atoms with E-state index in [0.29, 0.717) is 70.3 Å². The SMILES string of the molecule is CCS(=O)(=O)OCCCCCCCN1C(=O)N(C2CCOCC2)Cc2c(N[C@H](C)c3cccc(C(F)(F)C4CCNCC4)c3)ncnc21. The summed E-state index contributed by atoms with van der Waals surface area (Å²) in [6, 6.07) is 6.29. The first kappa shape index (κ1) is 36.3. The van der Waals surface area contributed by atoms with Gasteiger partial charge in [0.25, 0.3) is 16.0 Å². The van der Waals surface area contributed by atoms with Crippen molar-refractivity contribution in [3.05, 3.63) is 47.3 Å². The maximum Gasteiger partial charge on any atom is 0.326 e. The van der Waals surface area contributed by atoms with Crippen LogP contribution in [0.1, 0.15) is 94.4 Å². The number of hydrogen-bond donors (Lipinski definition) is 2. The maximum absolute atomic E-state index is 15.5.